The molecule has 2 fully saturated rings. The van der Waals surface area contributed by atoms with E-state index in [1.165, 1.54) is 17.5 Å². The molecule has 4 atom stereocenters. The maximum Gasteiger partial charge on any atom is 0.0578 e. The molecule has 2 bridgehead atoms. The molecule has 2 aliphatic rings. The van der Waals surface area contributed by atoms with Crippen molar-refractivity contribution >= 4 is 0 Å². The van der Waals surface area contributed by atoms with E-state index in [1.807, 2.05) is 0 Å². The van der Waals surface area contributed by atoms with E-state index in [4.69, 9.17) is 0 Å². The first-order valence-corrected chi connectivity index (χ1v) is 8.35. The molecule has 114 valence electrons. The van der Waals surface area contributed by atoms with Gasteiger partial charge in [0.1, 0.15) is 0 Å². The Morgan fingerprint density at radius 1 is 0.773 bits per heavy atom. The summed E-state index contributed by atoms with van der Waals surface area (Å²) in [5.41, 5.74) is 2.63. The van der Waals surface area contributed by atoms with E-state index < -0.39 is 0 Å². The van der Waals surface area contributed by atoms with Gasteiger partial charge in [0.05, 0.1) is 12.1 Å². The molecule has 0 amide bonds. The molecule has 2 aromatic carbocycles. The van der Waals surface area contributed by atoms with Crippen LogP contribution in [-0.2, 0) is 0 Å². The topological polar surface area (TPSA) is 32.3 Å². The van der Waals surface area contributed by atoms with E-state index in [0.29, 0.717) is 17.9 Å². The van der Waals surface area contributed by atoms with Crippen LogP contribution in [0.5, 0.6) is 0 Å². The lowest BCUT2D eigenvalue weighted by Crippen LogP contribution is -2.39. The fourth-order valence-electron chi connectivity index (χ4n) is 4.34. The highest BCUT2D eigenvalue weighted by molar-refractivity contribution is 5.32. The van der Waals surface area contributed by atoms with Crippen LogP contribution in [0.15, 0.2) is 60.7 Å². The Bertz CT molecular complexity index is 571. The van der Waals surface area contributed by atoms with Crippen LogP contribution in [0.2, 0.25) is 0 Å². The fraction of sp³-hybridized carbons (Fsp3) is 0.400. The minimum Gasteiger partial charge on any atom is -0.393 e. The molecule has 2 heteroatoms. The molecule has 0 spiro atoms. The van der Waals surface area contributed by atoms with Crippen LogP contribution in [0.3, 0.4) is 0 Å². The van der Waals surface area contributed by atoms with Crippen molar-refractivity contribution in [2.24, 2.45) is 11.8 Å². The quantitative estimate of drug-likeness (QED) is 0.904. The Kier molecular flexibility index (Phi) is 3.73. The van der Waals surface area contributed by atoms with E-state index in [1.54, 1.807) is 0 Å². The summed E-state index contributed by atoms with van der Waals surface area (Å²) in [4.78, 5) is 0. The minimum atomic E-state index is -0.0602. The summed E-state index contributed by atoms with van der Waals surface area (Å²) in [5.74, 6) is 1.14. The van der Waals surface area contributed by atoms with E-state index in [9.17, 15) is 5.11 Å². The van der Waals surface area contributed by atoms with Gasteiger partial charge in [-0.1, -0.05) is 60.7 Å². The van der Waals surface area contributed by atoms with Gasteiger partial charge in [-0.3, -0.25) is 0 Å². The second kappa shape index (κ2) is 5.86. The van der Waals surface area contributed by atoms with Gasteiger partial charge in [-0.2, -0.15) is 0 Å². The lowest BCUT2D eigenvalue weighted by Gasteiger charge is -2.31. The highest BCUT2D eigenvalue weighted by Crippen LogP contribution is 2.45. The molecular formula is C20H23NO. The molecule has 0 heterocycles. The van der Waals surface area contributed by atoms with Crippen LogP contribution in [0.4, 0.5) is 0 Å². The molecule has 2 saturated carbocycles. The molecule has 0 saturated heterocycles. The van der Waals surface area contributed by atoms with Crippen molar-refractivity contribution in [3.8, 4) is 0 Å². The molecule has 4 unspecified atom stereocenters. The molecule has 2 N–H and O–H groups in total. The second-order valence-electron chi connectivity index (χ2n) is 6.82. The number of benzene rings is 2. The van der Waals surface area contributed by atoms with Crippen molar-refractivity contribution in [3.63, 3.8) is 0 Å². The lowest BCUT2D eigenvalue weighted by molar-refractivity contribution is 0.101. The summed E-state index contributed by atoms with van der Waals surface area (Å²) in [6.45, 7) is 0. The number of rotatable bonds is 4. The van der Waals surface area contributed by atoms with Crippen LogP contribution >= 0.6 is 0 Å². The van der Waals surface area contributed by atoms with Gasteiger partial charge in [0.2, 0.25) is 0 Å². The van der Waals surface area contributed by atoms with Crippen molar-refractivity contribution in [2.75, 3.05) is 0 Å². The molecule has 2 nitrogen and oxygen atoms in total. The molecule has 2 aromatic rings. The second-order valence-corrected chi connectivity index (χ2v) is 6.82. The Labute approximate surface area is 132 Å². The predicted molar refractivity (Wildman–Crippen MR) is 88.5 cm³/mol. The monoisotopic (exact) mass is 293 g/mol. The van der Waals surface area contributed by atoms with Crippen molar-refractivity contribution in [3.05, 3.63) is 71.8 Å². The molecule has 22 heavy (non-hydrogen) atoms. The third-order valence-electron chi connectivity index (χ3n) is 5.47. The van der Waals surface area contributed by atoms with Gasteiger partial charge < -0.3 is 10.4 Å². The summed E-state index contributed by atoms with van der Waals surface area (Å²) < 4.78 is 0. The van der Waals surface area contributed by atoms with Crippen LogP contribution in [0.25, 0.3) is 0 Å². The van der Waals surface area contributed by atoms with E-state index >= 15 is 0 Å². The smallest absolute Gasteiger partial charge is 0.0578 e. The zero-order chi connectivity index (χ0) is 14.9. The van der Waals surface area contributed by atoms with Crippen molar-refractivity contribution in [1.29, 1.82) is 0 Å². The van der Waals surface area contributed by atoms with E-state index in [-0.39, 0.29) is 12.1 Å². The molecule has 0 aliphatic heterocycles. The minimum absolute atomic E-state index is 0.0602. The maximum atomic E-state index is 9.98. The van der Waals surface area contributed by atoms with E-state index in [0.717, 1.165) is 12.8 Å². The average Bonchev–Trinajstić information content (AvgIpc) is 3.13. The zero-order valence-corrected chi connectivity index (χ0v) is 12.7. The average molecular weight is 293 g/mol. The highest BCUT2D eigenvalue weighted by atomic mass is 16.3. The summed E-state index contributed by atoms with van der Waals surface area (Å²) >= 11 is 0. The first kappa shape index (κ1) is 14.0. The van der Waals surface area contributed by atoms with Crippen LogP contribution < -0.4 is 5.32 Å². The van der Waals surface area contributed by atoms with Gasteiger partial charge in [-0.25, -0.2) is 0 Å². The van der Waals surface area contributed by atoms with Crippen LogP contribution in [0, 0.1) is 11.8 Å². The predicted octanol–water partition coefficient (Wildman–Crippen LogP) is 3.53. The van der Waals surface area contributed by atoms with Gasteiger partial charge in [0.25, 0.3) is 0 Å². The Morgan fingerprint density at radius 3 is 1.82 bits per heavy atom. The summed E-state index contributed by atoms with van der Waals surface area (Å²) in [6, 6.07) is 22.1. The molecule has 0 radical (unpaired) electrons. The third kappa shape index (κ3) is 2.57. The van der Waals surface area contributed by atoms with Gasteiger partial charge in [0, 0.05) is 6.04 Å². The third-order valence-corrected chi connectivity index (χ3v) is 5.47. The summed E-state index contributed by atoms with van der Waals surface area (Å²) in [5, 5.41) is 13.9. The lowest BCUT2D eigenvalue weighted by atomic mass is 9.90. The first-order chi connectivity index (χ1) is 10.8. The van der Waals surface area contributed by atoms with Crippen molar-refractivity contribution in [2.45, 2.75) is 37.5 Å². The fourth-order valence-corrected chi connectivity index (χ4v) is 4.34. The number of aliphatic hydroxyl groups is 1. The van der Waals surface area contributed by atoms with Crippen molar-refractivity contribution in [1.82, 2.24) is 5.32 Å². The van der Waals surface area contributed by atoms with Crippen LogP contribution in [0.1, 0.15) is 36.4 Å². The van der Waals surface area contributed by atoms with Crippen LogP contribution in [-0.4, -0.2) is 17.3 Å². The number of aliphatic hydroxyl groups excluding tert-OH is 1. The number of fused-ring (bicyclic) bond motifs is 2. The van der Waals surface area contributed by atoms with Gasteiger partial charge in [0.15, 0.2) is 0 Å². The first-order valence-electron chi connectivity index (χ1n) is 8.35. The van der Waals surface area contributed by atoms with Gasteiger partial charge in [-0.15, -0.1) is 0 Å². The maximum absolute atomic E-state index is 9.98. The van der Waals surface area contributed by atoms with E-state index in [2.05, 4.69) is 66.0 Å². The standard InChI is InChI=1S/C20H23NO/c22-19-13-16-11-17(19)12-18(16)21-20(14-7-3-1-4-8-14)15-9-5-2-6-10-15/h1-10,16-22H,11-13H2. The molecule has 4 rings (SSSR count). The summed E-state index contributed by atoms with van der Waals surface area (Å²) in [6.07, 6.45) is 3.21. The Hall–Kier alpha value is -1.64. The Morgan fingerprint density at radius 2 is 1.36 bits per heavy atom. The zero-order valence-electron chi connectivity index (χ0n) is 12.7. The van der Waals surface area contributed by atoms with Crippen molar-refractivity contribution < 1.29 is 5.11 Å². The Balaban J connectivity index is 1.59. The molecule has 2 aliphatic carbocycles. The number of nitrogens with one attached hydrogen (secondary N) is 1. The number of hydrogen-bond acceptors (Lipinski definition) is 2. The molecular weight excluding hydrogens is 270 g/mol. The summed E-state index contributed by atoms with van der Waals surface area (Å²) in [7, 11) is 0. The highest BCUT2D eigenvalue weighted by Gasteiger charge is 2.45. The van der Waals surface area contributed by atoms with Gasteiger partial charge in [-0.05, 0) is 42.2 Å². The normalized spacial score (nSPS) is 30.1. The largest absolute Gasteiger partial charge is 0.393 e. The van der Waals surface area contributed by atoms with Gasteiger partial charge >= 0.3 is 0 Å². The number of hydrogen-bond donors (Lipinski definition) is 2. The molecule has 0 aromatic heterocycles. The SMILES string of the molecule is OC1CC2CC1CC2NC(c1ccccc1)c1ccccc1.